The molecule has 0 aliphatic rings. The van der Waals surface area contributed by atoms with Gasteiger partial charge in [0.25, 0.3) is 0 Å². The lowest BCUT2D eigenvalue weighted by molar-refractivity contribution is -0.140. The largest absolute Gasteiger partial charge is 0.469 e. The van der Waals surface area contributed by atoms with E-state index in [2.05, 4.69) is 14.8 Å². The van der Waals surface area contributed by atoms with Crippen molar-refractivity contribution in [2.45, 2.75) is 26.2 Å². The first-order valence-electron chi connectivity index (χ1n) is 5.76. The van der Waals surface area contributed by atoms with Crippen molar-refractivity contribution in [2.75, 3.05) is 32.5 Å². The zero-order chi connectivity index (χ0) is 13.1. The maximum atomic E-state index is 11.4. The Labute approximate surface area is 103 Å². The molecule has 0 heterocycles. The minimum Gasteiger partial charge on any atom is -0.469 e. The molecular formula is C10H22N2O4S. The van der Waals surface area contributed by atoms with Crippen LogP contribution in [0, 0.1) is 0 Å². The number of methoxy groups -OCH3 is 1. The molecule has 0 unspecified atom stereocenters. The van der Waals surface area contributed by atoms with Crippen LogP contribution < -0.4 is 10.0 Å². The second-order valence-corrected chi connectivity index (χ2v) is 5.57. The molecule has 2 N–H and O–H groups in total. The van der Waals surface area contributed by atoms with Crippen LogP contribution >= 0.6 is 0 Å². The van der Waals surface area contributed by atoms with Crippen LogP contribution in [0.25, 0.3) is 0 Å². The van der Waals surface area contributed by atoms with Gasteiger partial charge in [-0.1, -0.05) is 6.92 Å². The van der Waals surface area contributed by atoms with Gasteiger partial charge in [-0.2, -0.15) is 0 Å². The van der Waals surface area contributed by atoms with Gasteiger partial charge < -0.3 is 10.1 Å². The van der Waals surface area contributed by atoms with Crippen LogP contribution in [0.1, 0.15) is 26.2 Å². The Kier molecular flexibility index (Phi) is 9.01. The quantitative estimate of drug-likeness (QED) is 0.424. The third-order valence-corrected chi connectivity index (χ3v) is 3.54. The van der Waals surface area contributed by atoms with Crippen molar-refractivity contribution in [3.05, 3.63) is 0 Å². The van der Waals surface area contributed by atoms with Crippen molar-refractivity contribution in [2.24, 2.45) is 0 Å². The second kappa shape index (κ2) is 9.38. The topological polar surface area (TPSA) is 84.5 Å². The summed E-state index contributed by atoms with van der Waals surface area (Å²) in [6.07, 6.45) is 1.43. The molecular weight excluding hydrogens is 244 g/mol. The van der Waals surface area contributed by atoms with Crippen molar-refractivity contribution in [3.63, 3.8) is 0 Å². The molecule has 0 rings (SSSR count). The molecule has 0 aromatic rings. The van der Waals surface area contributed by atoms with Crippen LogP contribution in [0.4, 0.5) is 0 Å². The summed E-state index contributed by atoms with van der Waals surface area (Å²) in [4.78, 5) is 10.8. The van der Waals surface area contributed by atoms with Crippen molar-refractivity contribution in [3.8, 4) is 0 Å². The van der Waals surface area contributed by atoms with Crippen molar-refractivity contribution in [1.82, 2.24) is 10.0 Å². The maximum absolute atomic E-state index is 11.4. The van der Waals surface area contributed by atoms with Gasteiger partial charge in [-0.15, -0.1) is 0 Å². The van der Waals surface area contributed by atoms with Gasteiger partial charge in [0.2, 0.25) is 10.0 Å². The van der Waals surface area contributed by atoms with E-state index in [9.17, 15) is 13.2 Å². The van der Waals surface area contributed by atoms with E-state index in [1.54, 1.807) is 0 Å². The predicted molar refractivity (Wildman–Crippen MR) is 66.2 cm³/mol. The van der Waals surface area contributed by atoms with Gasteiger partial charge in [-0.05, 0) is 19.4 Å². The van der Waals surface area contributed by atoms with Crippen molar-refractivity contribution in [1.29, 1.82) is 0 Å². The minimum absolute atomic E-state index is 0.0458. The van der Waals surface area contributed by atoms with Gasteiger partial charge in [0.05, 0.1) is 12.9 Å². The highest BCUT2D eigenvalue weighted by Gasteiger charge is 2.10. The highest BCUT2D eigenvalue weighted by Crippen LogP contribution is 1.95. The SMILES string of the molecule is CCCNCCNS(=O)(=O)CCCC(=O)OC. The van der Waals surface area contributed by atoms with Gasteiger partial charge in [0.1, 0.15) is 0 Å². The fourth-order valence-electron chi connectivity index (χ4n) is 1.18. The number of carbonyl (C=O) groups is 1. The van der Waals surface area contributed by atoms with Crippen LogP contribution in [0.3, 0.4) is 0 Å². The number of esters is 1. The van der Waals surface area contributed by atoms with E-state index in [0.29, 0.717) is 13.1 Å². The molecule has 0 saturated heterocycles. The average Bonchev–Trinajstić information content (AvgIpc) is 2.28. The van der Waals surface area contributed by atoms with E-state index < -0.39 is 10.0 Å². The molecule has 0 saturated carbocycles. The number of hydrogen-bond donors (Lipinski definition) is 2. The first-order chi connectivity index (χ1) is 8.02. The molecule has 0 atom stereocenters. The van der Waals surface area contributed by atoms with Crippen LogP contribution in [0.5, 0.6) is 0 Å². The Morgan fingerprint density at radius 3 is 2.53 bits per heavy atom. The Bertz CT molecular complexity index is 303. The lowest BCUT2D eigenvalue weighted by atomic mass is 10.3. The first-order valence-corrected chi connectivity index (χ1v) is 7.42. The van der Waals surface area contributed by atoms with Gasteiger partial charge in [0.15, 0.2) is 0 Å². The Balaban J connectivity index is 3.62. The van der Waals surface area contributed by atoms with E-state index in [1.165, 1.54) is 7.11 Å². The summed E-state index contributed by atoms with van der Waals surface area (Å²) in [5, 5.41) is 3.09. The van der Waals surface area contributed by atoms with Gasteiger partial charge in [0, 0.05) is 19.5 Å². The number of sulfonamides is 1. The molecule has 17 heavy (non-hydrogen) atoms. The third kappa shape index (κ3) is 10.2. The van der Waals surface area contributed by atoms with Crippen LogP contribution in [0.15, 0.2) is 0 Å². The zero-order valence-corrected chi connectivity index (χ0v) is 11.3. The molecule has 0 aliphatic heterocycles. The number of ether oxygens (including phenoxy) is 1. The first kappa shape index (κ1) is 16.3. The van der Waals surface area contributed by atoms with Crippen LogP contribution in [-0.2, 0) is 19.6 Å². The maximum Gasteiger partial charge on any atom is 0.305 e. The summed E-state index contributed by atoms with van der Waals surface area (Å²) in [6, 6.07) is 0. The number of rotatable bonds is 10. The lowest BCUT2D eigenvalue weighted by Gasteiger charge is -2.06. The standard InChI is InChI=1S/C10H22N2O4S/c1-3-6-11-7-8-12-17(14,15)9-4-5-10(13)16-2/h11-12H,3-9H2,1-2H3. The number of nitrogens with one attached hydrogen (secondary N) is 2. The predicted octanol–water partition coefficient (Wildman–Crippen LogP) is -0.141. The van der Waals surface area contributed by atoms with E-state index in [4.69, 9.17) is 0 Å². The molecule has 0 aromatic carbocycles. The highest BCUT2D eigenvalue weighted by molar-refractivity contribution is 7.89. The Morgan fingerprint density at radius 2 is 1.94 bits per heavy atom. The fraction of sp³-hybridized carbons (Fsp3) is 0.900. The lowest BCUT2D eigenvalue weighted by Crippen LogP contribution is -2.33. The third-order valence-electron chi connectivity index (χ3n) is 2.07. The number of hydrogen-bond acceptors (Lipinski definition) is 5. The normalized spacial score (nSPS) is 11.4. The molecule has 7 heteroatoms. The number of carbonyl (C=O) groups excluding carboxylic acids is 1. The average molecular weight is 266 g/mol. The Hall–Kier alpha value is -0.660. The van der Waals surface area contributed by atoms with Crippen LogP contribution in [-0.4, -0.2) is 46.9 Å². The summed E-state index contributed by atoms with van der Waals surface area (Å²) in [5.74, 6) is -0.430. The van der Waals surface area contributed by atoms with E-state index in [1.807, 2.05) is 6.92 Å². The van der Waals surface area contributed by atoms with Gasteiger partial charge in [-0.3, -0.25) is 4.79 Å². The molecule has 0 aromatic heterocycles. The van der Waals surface area contributed by atoms with Crippen LogP contribution in [0.2, 0.25) is 0 Å². The molecule has 6 nitrogen and oxygen atoms in total. The smallest absolute Gasteiger partial charge is 0.305 e. The monoisotopic (exact) mass is 266 g/mol. The minimum atomic E-state index is -3.27. The molecule has 0 aliphatic carbocycles. The summed E-state index contributed by atoms with van der Waals surface area (Å²) in [6.45, 7) is 3.92. The molecule has 102 valence electrons. The molecule has 0 radical (unpaired) electrons. The van der Waals surface area contributed by atoms with E-state index >= 15 is 0 Å². The molecule has 0 bridgehead atoms. The summed E-state index contributed by atoms with van der Waals surface area (Å²) >= 11 is 0. The Morgan fingerprint density at radius 1 is 1.24 bits per heavy atom. The van der Waals surface area contributed by atoms with Crippen molar-refractivity contribution < 1.29 is 17.9 Å². The second-order valence-electron chi connectivity index (χ2n) is 3.64. The summed E-state index contributed by atoms with van der Waals surface area (Å²) in [7, 11) is -1.98. The highest BCUT2D eigenvalue weighted by atomic mass is 32.2. The molecule has 0 fully saturated rings. The zero-order valence-electron chi connectivity index (χ0n) is 10.5. The fourth-order valence-corrected chi connectivity index (χ4v) is 2.26. The van der Waals surface area contributed by atoms with Crippen molar-refractivity contribution >= 4 is 16.0 Å². The molecule has 0 amide bonds. The summed E-state index contributed by atoms with van der Waals surface area (Å²) in [5.41, 5.74) is 0. The van der Waals surface area contributed by atoms with Gasteiger partial charge in [-0.25, -0.2) is 13.1 Å². The van der Waals surface area contributed by atoms with E-state index in [0.717, 1.165) is 13.0 Å². The van der Waals surface area contributed by atoms with E-state index in [-0.39, 0.29) is 24.6 Å². The van der Waals surface area contributed by atoms with Gasteiger partial charge >= 0.3 is 5.97 Å². The molecule has 0 spiro atoms. The summed E-state index contributed by atoms with van der Waals surface area (Å²) < 4.78 is 29.8.